The summed E-state index contributed by atoms with van der Waals surface area (Å²) in [6.45, 7) is 1.85. The average Bonchev–Trinajstić information content (AvgIpc) is 2.76. The molecule has 1 heterocycles. The molecule has 0 atom stereocenters. The van der Waals surface area contributed by atoms with Crippen LogP contribution in [0.5, 0.6) is 0 Å². The van der Waals surface area contributed by atoms with Gasteiger partial charge in [0, 0.05) is 9.50 Å². The van der Waals surface area contributed by atoms with Gasteiger partial charge < -0.3 is 5.32 Å². The molecule has 0 saturated heterocycles. The lowest BCUT2D eigenvalue weighted by Crippen LogP contribution is -2.23. The summed E-state index contributed by atoms with van der Waals surface area (Å²) in [4.78, 5) is 30.6. The number of rotatable bonds is 5. The number of anilines is 1. The van der Waals surface area contributed by atoms with Gasteiger partial charge in [0.25, 0.3) is 5.56 Å². The van der Waals surface area contributed by atoms with E-state index in [2.05, 4.69) is 26.2 Å². The molecule has 1 amide bonds. The van der Waals surface area contributed by atoms with Gasteiger partial charge in [0.1, 0.15) is 0 Å². The van der Waals surface area contributed by atoms with Crippen LogP contribution in [0.1, 0.15) is 5.56 Å². The van der Waals surface area contributed by atoms with Crippen molar-refractivity contribution in [2.24, 2.45) is 0 Å². The van der Waals surface area contributed by atoms with Gasteiger partial charge in [-0.25, -0.2) is 4.98 Å². The van der Waals surface area contributed by atoms with E-state index in [0.29, 0.717) is 32.5 Å². The number of para-hydroxylation sites is 2. The SMILES string of the molecule is Cc1c(Cl)cccc1-n1c(SCC(=O)Nc2ccccc2Br)nc2ccccc2c1=O. The van der Waals surface area contributed by atoms with Crippen LogP contribution in [-0.2, 0) is 4.79 Å². The van der Waals surface area contributed by atoms with Crippen LogP contribution in [-0.4, -0.2) is 21.2 Å². The van der Waals surface area contributed by atoms with Crippen LogP contribution in [0.15, 0.2) is 81.2 Å². The fraction of sp³-hybridized carbons (Fsp3) is 0.0870. The number of carbonyl (C=O) groups is 1. The van der Waals surface area contributed by atoms with Gasteiger partial charge in [0.15, 0.2) is 5.16 Å². The molecule has 0 aliphatic rings. The Hall–Kier alpha value is -2.61. The fourth-order valence-corrected chi connectivity index (χ4v) is 4.50. The normalized spacial score (nSPS) is 10.9. The van der Waals surface area contributed by atoms with E-state index in [9.17, 15) is 9.59 Å². The Kier molecular flexibility index (Phi) is 6.46. The summed E-state index contributed by atoms with van der Waals surface area (Å²) in [5.41, 5.74) is 2.47. The van der Waals surface area contributed by atoms with Crippen LogP contribution in [0.25, 0.3) is 16.6 Å². The van der Waals surface area contributed by atoms with E-state index in [0.717, 1.165) is 10.0 Å². The molecular formula is C23H17BrClN3O2S. The van der Waals surface area contributed by atoms with Crippen molar-refractivity contribution in [3.8, 4) is 5.69 Å². The molecule has 0 unspecified atom stereocenters. The molecule has 0 aliphatic carbocycles. The first kappa shape index (κ1) is 21.6. The van der Waals surface area contributed by atoms with Crippen molar-refractivity contribution in [3.63, 3.8) is 0 Å². The standard InChI is InChI=1S/C23H17BrClN3O2S/c1-14-17(25)9-6-12-20(14)28-22(30)15-7-2-4-10-18(15)27-23(28)31-13-21(29)26-19-11-5-3-8-16(19)24/h2-12H,13H2,1H3,(H,26,29). The van der Waals surface area contributed by atoms with Gasteiger partial charge in [-0.05, 0) is 64.8 Å². The molecule has 0 bridgehead atoms. The van der Waals surface area contributed by atoms with Gasteiger partial charge in [-0.15, -0.1) is 0 Å². The van der Waals surface area contributed by atoms with Crippen molar-refractivity contribution in [3.05, 3.63) is 92.1 Å². The molecule has 8 heteroatoms. The highest BCUT2D eigenvalue weighted by molar-refractivity contribution is 9.10. The predicted octanol–water partition coefficient (Wildman–Crippen LogP) is 5.84. The van der Waals surface area contributed by atoms with Crippen molar-refractivity contribution in [1.29, 1.82) is 0 Å². The van der Waals surface area contributed by atoms with Gasteiger partial charge in [-0.2, -0.15) is 0 Å². The molecule has 1 N–H and O–H groups in total. The topological polar surface area (TPSA) is 64.0 Å². The molecule has 31 heavy (non-hydrogen) atoms. The van der Waals surface area contributed by atoms with Crippen molar-refractivity contribution in [2.75, 3.05) is 11.1 Å². The first-order valence-electron chi connectivity index (χ1n) is 9.40. The third-order valence-corrected chi connectivity index (χ3v) is 6.74. The van der Waals surface area contributed by atoms with Crippen molar-refractivity contribution in [2.45, 2.75) is 12.1 Å². The Morgan fingerprint density at radius 2 is 1.84 bits per heavy atom. The van der Waals surface area contributed by atoms with Crippen LogP contribution in [0.2, 0.25) is 5.02 Å². The van der Waals surface area contributed by atoms with Gasteiger partial charge in [0.2, 0.25) is 5.91 Å². The second kappa shape index (κ2) is 9.26. The monoisotopic (exact) mass is 513 g/mol. The number of aromatic nitrogens is 2. The summed E-state index contributed by atoms with van der Waals surface area (Å²) in [5.74, 6) is -0.111. The Balaban J connectivity index is 1.73. The van der Waals surface area contributed by atoms with E-state index >= 15 is 0 Å². The second-order valence-electron chi connectivity index (χ2n) is 6.75. The van der Waals surface area contributed by atoms with Crippen molar-refractivity contribution < 1.29 is 4.79 Å². The van der Waals surface area contributed by atoms with Gasteiger partial charge in [-0.1, -0.05) is 53.7 Å². The summed E-state index contributed by atoms with van der Waals surface area (Å²) < 4.78 is 2.32. The quantitative estimate of drug-likeness (QED) is 0.268. The zero-order chi connectivity index (χ0) is 22.0. The molecule has 0 aliphatic heterocycles. The molecule has 156 valence electrons. The number of hydrogen-bond acceptors (Lipinski definition) is 4. The van der Waals surface area contributed by atoms with Crippen molar-refractivity contribution in [1.82, 2.24) is 9.55 Å². The predicted molar refractivity (Wildman–Crippen MR) is 131 cm³/mol. The molecule has 1 aromatic heterocycles. The van der Waals surface area contributed by atoms with Crippen molar-refractivity contribution >= 4 is 61.8 Å². The third-order valence-electron chi connectivity index (χ3n) is 4.71. The Bertz CT molecular complexity index is 1360. The number of carbonyl (C=O) groups excluding carboxylic acids is 1. The minimum Gasteiger partial charge on any atom is -0.324 e. The van der Waals surface area contributed by atoms with Crippen LogP contribution >= 0.6 is 39.3 Å². The fourth-order valence-electron chi connectivity index (χ4n) is 3.14. The number of nitrogens with zero attached hydrogens (tertiary/aromatic N) is 2. The molecular weight excluding hydrogens is 498 g/mol. The van der Waals surface area contributed by atoms with E-state index in [1.54, 1.807) is 30.3 Å². The summed E-state index contributed by atoms with van der Waals surface area (Å²) in [6, 6.07) is 19.9. The van der Waals surface area contributed by atoms with E-state index in [-0.39, 0.29) is 17.2 Å². The number of nitrogens with one attached hydrogen (secondary N) is 1. The minimum absolute atomic E-state index is 0.0890. The summed E-state index contributed by atoms with van der Waals surface area (Å²) in [5, 5.41) is 4.36. The highest BCUT2D eigenvalue weighted by Crippen LogP contribution is 2.27. The summed E-state index contributed by atoms with van der Waals surface area (Å²) in [6.07, 6.45) is 0. The lowest BCUT2D eigenvalue weighted by molar-refractivity contribution is -0.113. The zero-order valence-corrected chi connectivity index (χ0v) is 19.6. The lowest BCUT2D eigenvalue weighted by Gasteiger charge is -2.16. The smallest absolute Gasteiger partial charge is 0.266 e. The van der Waals surface area contributed by atoms with E-state index in [1.165, 1.54) is 16.3 Å². The number of hydrogen-bond donors (Lipinski definition) is 1. The van der Waals surface area contributed by atoms with E-state index in [4.69, 9.17) is 11.6 Å². The van der Waals surface area contributed by atoms with E-state index in [1.807, 2.05) is 43.3 Å². The number of amides is 1. The molecule has 4 aromatic rings. The summed E-state index contributed by atoms with van der Waals surface area (Å²) in [7, 11) is 0. The second-order valence-corrected chi connectivity index (χ2v) is 8.96. The number of fused-ring (bicyclic) bond motifs is 1. The highest BCUT2D eigenvalue weighted by Gasteiger charge is 2.17. The highest BCUT2D eigenvalue weighted by atomic mass is 79.9. The average molecular weight is 515 g/mol. The largest absolute Gasteiger partial charge is 0.324 e. The maximum atomic E-state index is 13.4. The Labute approximate surface area is 196 Å². The van der Waals surface area contributed by atoms with Crippen LogP contribution in [0, 0.1) is 6.92 Å². The molecule has 3 aromatic carbocycles. The lowest BCUT2D eigenvalue weighted by atomic mass is 10.2. The first-order chi connectivity index (χ1) is 15.0. The molecule has 5 nitrogen and oxygen atoms in total. The zero-order valence-electron chi connectivity index (χ0n) is 16.4. The minimum atomic E-state index is -0.204. The first-order valence-corrected chi connectivity index (χ1v) is 11.6. The van der Waals surface area contributed by atoms with Gasteiger partial charge >= 0.3 is 0 Å². The molecule has 4 rings (SSSR count). The van der Waals surface area contributed by atoms with E-state index < -0.39 is 0 Å². The Morgan fingerprint density at radius 3 is 2.65 bits per heavy atom. The molecule has 0 spiro atoms. The number of halogens is 2. The maximum Gasteiger partial charge on any atom is 0.266 e. The van der Waals surface area contributed by atoms with Crippen LogP contribution in [0.3, 0.4) is 0 Å². The van der Waals surface area contributed by atoms with Crippen LogP contribution in [0.4, 0.5) is 5.69 Å². The number of thioether (sulfide) groups is 1. The van der Waals surface area contributed by atoms with Gasteiger partial charge in [-0.3, -0.25) is 14.2 Å². The maximum absolute atomic E-state index is 13.4. The molecule has 0 radical (unpaired) electrons. The van der Waals surface area contributed by atoms with Crippen LogP contribution < -0.4 is 10.9 Å². The number of benzene rings is 3. The third kappa shape index (κ3) is 4.54. The molecule has 0 saturated carbocycles. The Morgan fingerprint density at radius 1 is 1.10 bits per heavy atom. The summed E-state index contributed by atoms with van der Waals surface area (Å²) >= 11 is 10.9. The molecule has 0 fully saturated rings. The van der Waals surface area contributed by atoms with Gasteiger partial charge in [0.05, 0.1) is 28.0 Å².